The van der Waals surface area contributed by atoms with Gasteiger partial charge in [0.2, 0.25) is 10.9 Å². The summed E-state index contributed by atoms with van der Waals surface area (Å²) in [6.45, 7) is 9.81. The number of fused-ring (bicyclic) bond motifs is 4. The summed E-state index contributed by atoms with van der Waals surface area (Å²) in [4.78, 5) is 54.3. The number of aromatic nitrogens is 2. The van der Waals surface area contributed by atoms with E-state index in [1.807, 2.05) is 9.47 Å². The number of nitrogens with one attached hydrogen (secondary N) is 1. The maximum atomic E-state index is 15.2. The maximum Gasteiger partial charge on any atom is 0.341 e. The number of piperazine rings is 2. The number of rotatable bonds is 11. The number of hydrogen-bond acceptors (Lipinski definition) is 8. The van der Waals surface area contributed by atoms with E-state index in [1.165, 1.54) is 70.8 Å². The third-order valence-corrected chi connectivity index (χ3v) is 14.6. The number of carbonyl (C=O) groups is 2. The highest BCUT2D eigenvalue weighted by Gasteiger charge is 2.30. The molecule has 6 aromatic carbocycles. The van der Waals surface area contributed by atoms with Gasteiger partial charge in [0, 0.05) is 107 Å². The van der Waals surface area contributed by atoms with Gasteiger partial charge < -0.3 is 34.5 Å². The number of benzene rings is 6. The second kappa shape index (κ2) is 21.4. The molecule has 376 valence electrons. The molecule has 0 amide bonds. The van der Waals surface area contributed by atoms with E-state index in [0.717, 1.165) is 83.4 Å². The monoisotopic (exact) mass is 990 g/mol. The number of carboxylic acid groups (broad SMARTS) is 2. The lowest BCUT2D eigenvalue weighted by Crippen LogP contribution is -2.47. The molecule has 2 aliphatic heterocycles. The molecule has 0 radical (unpaired) electrons. The number of aromatic carboxylic acids is 2. The topological polar surface area (TPSA) is 140 Å². The molecule has 73 heavy (non-hydrogen) atoms. The Morgan fingerprint density at radius 3 is 1.45 bits per heavy atom. The fourth-order valence-electron chi connectivity index (χ4n) is 10.3. The molecule has 3 N–H and O–H groups in total. The first-order valence-electron chi connectivity index (χ1n) is 25.1. The summed E-state index contributed by atoms with van der Waals surface area (Å²) in [6.07, 6.45) is 8.27. The fraction of sp³-hybridized carbons (Fsp3) is 0.310. The van der Waals surface area contributed by atoms with Gasteiger partial charge in [-0.3, -0.25) is 14.5 Å². The molecule has 4 heterocycles. The Kier molecular flexibility index (Phi) is 14.4. The maximum absolute atomic E-state index is 15.2. The van der Waals surface area contributed by atoms with Crippen molar-refractivity contribution in [3.63, 3.8) is 0 Å². The molecule has 12 nitrogen and oxygen atoms in total. The quantitative estimate of drug-likeness (QED) is 0.115. The normalized spacial score (nSPS) is 16.3. The SMILES string of the molecule is O=C(O)c1cn(C2CC2)c2cc(F)c(F)cc2c1=O.O=C(O)c1cn(C2CC2)c2cc(N3CCN(CCc4cccc5ccccc45)CC3)c(F)cc2c1=O.c1ccc2c(CCN3CCNCC3)cccc2c1. The highest BCUT2D eigenvalue weighted by atomic mass is 19.2. The van der Waals surface area contributed by atoms with Crippen LogP contribution in [0.25, 0.3) is 43.4 Å². The number of halogens is 3. The van der Waals surface area contributed by atoms with Gasteiger partial charge in [0.15, 0.2) is 11.6 Å². The van der Waals surface area contributed by atoms with Gasteiger partial charge in [-0.2, -0.15) is 0 Å². The van der Waals surface area contributed by atoms with E-state index >= 15 is 4.39 Å². The Bertz CT molecular complexity index is 3490. The van der Waals surface area contributed by atoms with Crippen molar-refractivity contribution in [3.8, 4) is 0 Å². The second-order valence-corrected chi connectivity index (χ2v) is 19.4. The smallest absolute Gasteiger partial charge is 0.341 e. The average Bonchev–Trinajstić information content (AvgIpc) is 4.36. The van der Waals surface area contributed by atoms with Crippen LogP contribution in [0.5, 0.6) is 0 Å². The molecular formula is C58H57F3N6O6. The van der Waals surface area contributed by atoms with Crippen molar-refractivity contribution >= 4 is 61.0 Å². The minimum atomic E-state index is -1.37. The first-order valence-corrected chi connectivity index (χ1v) is 25.1. The van der Waals surface area contributed by atoms with Crippen LogP contribution in [0.4, 0.5) is 18.9 Å². The molecule has 2 aliphatic carbocycles. The third kappa shape index (κ3) is 10.9. The lowest BCUT2D eigenvalue weighted by molar-refractivity contribution is 0.0684. The summed E-state index contributed by atoms with van der Waals surface area (Å²) in [7, 11) is 0. The van der Waals surface area contributed by atoms with Crippen LogP contribution < -0.4 is 21.1 Å². The van der Waals surface area contributed by atoms with Crippen molar-refractivity contribution in [2.45, 2.75) is 50.6 Å². The van der Waals surface area contributed by atoms with Crippen LogP contribution in [0, 0.1) is 17.5 Å². The molecule has 2 aromatic heterocycles. The van der Waals surface area contributed by atoms with E-state index in [9.17, 15) is 33.1 Å². The van der Waals surface area contributed by atoms with E-state index < -0.39 is 45.8 Å². The summed E-state index contributed by atoms with van der Waals surface area (Å²) < 4.78 is 45.2. The van der Waals surface area contributed by atoms with Crippen LogP contribution in [0.2, 0.25) is 0 Å². The molecule has 4 fully saturated rings. The van der Waals surface area contributed by atoms with E-state index in [4.69, 9.17) is 5.11 Å². The van der Waals surface area contributed by atoms with Crippen molar-refractivity contribution < 1.29 is 33.0 Å². The predicted octanol–water partition coefficient (Wildman–Crippen LogP) is 9.29. The first kappa shape index (κ1) is 49.3. The van der Waals surface area contributed by atoms with Crippen LogP contribution in [0.1, 0.15) is 69.6 Å². The summed E-state index contributed by atoms with van der Waals surface area (Å²) >= 11 is 0. The van der Waals surface area contributed by atoms with Gasteiger partial charge in [-0.1, -0.05) is 84.9 Å². The Morgan fingerprint density at radius 1 is 0.521 bits per heavy atom. The number of pyridine rings is 2. The summed E-state index contributed by atoms with van der Waals surface area (Å²) in [5.74, 6) is -5.33. The molecule has 0 bridgehead atoms. The Hall–Kier alpha value is -7.33. The minimum Gasteiger partial charge on any atom is -0.477 e. The summed E-state index contributed by atoms with van der Waals surface area (Å²) in [5, 5.41) is 27.2. The van der Waals surface area contributed by atoms with Crippen molar-refractivity contribution in [2.24, 2.45) is 0 Å². The third-order valence-electron chi connectivity index (χ3n) is 14.6. The zero-order valence-corrected chi connectivity index (χ0v) is 40.4. The molecule has 12 rings (SSSR count). The number of anilines is 1. The molecule has 0 spiro atoms. The van der Waals surface area contributed by atoms with Crippen LogP contribution in [0.3, 0.4) is 0 Å². The van der Waals surface area contributed by atoms with Crippen molar-refractivity contribution in [1.29, 1.82) is 0 Å². The van der Waals surface area contributed by atoms with Gasteiger partial charge in [-0.05, 0) is 89.4 Å². The van der Waals surface area contributed by atoms with E-state index in [0.29, 0.717) is 24.3 Å². The fourth-order valence-corrected chi connectivity index (χ4v) is 10.3. The van der Waals surface area contributed by atoms with Crippen molar-refractivity contribution in [2.75, 3.05) is 70.3 Å². The molecule has 0 atom stereocenters. The van der Waals surface area contributed by atoms with Gasteiger partial charge in [0.25, 0.3) is 0 Å². The van der Waals surface area contributed by atoms with Crippen LogP contribution in [-0.4, -0.2) is 107 Å². The highest BCUT2D eigenvalue weighted by Crippen LogP contribution is 2.39. The number of nitrogens with zero attached hydrogens (tertiary/aromatic N) is 5. The van der Waals surface area contributed by atoms with E-state index in [-0.39, 0.29) is 33.9 Å². The molecule has 2 saturated carbocycles. The van der Waals surface area contributed by atoms with Crippen molar-refractivity contribution in [3.05, 3.63) is 182 Å². The Labute approximate surface area is 419 Å². The highest BCUT2D eigenvalue weighted by molar-refractivity contribution is 5.94. The molecule has 8 aromatic rings. The molecular weight excluding hydrogens is 934 g/mol. The van der Waals surface area contributed by atoms with Gasteiger partial charge in [-0.15, -0.1) is 0 Å². The zero-order valence-electron chi connectivity index (χ0n) is 40.4. The second-order valence-electron chi connectivity index (χ2n) is 19.4. The standard InChI is InChI=1S/C29H28FN3O3.C16H20N2.C13H9F2NO3/c30-25-16-23-26(33(21-8-9-21)18-24(28(23)34)29(35)36)17-27(25)32-14-12-31(13-15-32)11-10-20-6-3-5-19-4-1-2-7-22(19)20;1-2-7-16-14(4-1)5-3-6-15(16)8-11-18-12-9-17-10-13-18;14-9-3-7-11(4-10(9)15)16(6-1-2-6)5-8(12(7)17)13(18)19/h1-7,16-18,21H,8-15H2,(H,35,36);1-7,17H,8-13H2;3-6H,1-2H2,(H,18,19). The van der Waals surface area contributed by atoms with Gasteiger partial charge in [-0.25, -0.2) is 22.8 Å². The van der Waals surface area contributed by atoms with Crippen LogP contribution in [0.15, 0.2) is 131 Å². The molecule has 4 aliphatic rings. The minimum absolute atomic E-state index is 0.0473. The Morgan fingerprint density at radius 2 is 0.959 bits per heavy atom. The number of hydrogen-bond donors (Lipinski definition) is 3. The summed E-state index contributed by atoms with van der Waals surface area (Å²) in [5.41, 5.74) is 2.00. The number of carboxylic acids is 2. The lowest BCUT2D eigenvalue weighted by atomic mass is 10.0. The first-order chi connectivity index (χ1) is 35.4. The van der Waals surface area contributed by atoms with Gasteiger partial charge >= 0.3 is 11.9 Å². The van der Waals surface area contributed by atoms with E-state index in [2.05, 4.69) is 100 Å². The van der Waals surface area contributed by atoms with Gasteiger partial charge in [0.05, 0.1) is 16.7 Å². The molecule has 0 unspecified atom stereocenters. The lowest BCUT2D eigenvalue weighted by Gasteiger charge is -2.36. The van der Waals surface area contributed by atoms with Gasteiger partial charge in [0.1, 0.15) is 16.9 Å². The Balaban J connectivity index is 0.000000139. The average molecular weight is 991 g/mol. The van der Waals surface area contributed by atoms with Crippen LogP contribution in [-0.2, 0) is 12.8 Å². The largest absolute Gasteiger partial charge is 0.477 e. The van der Waals surface area contributed by atoms with Crippen molar-refractivity contribution in [1.82, 2.24) is 24.3 Å². The predicted molar refractivity (Wildman–Crippen MR) is 280 cm³/mol. The van der Waals surface area contributed by atoms with E-state index in [1.54, 1.807) is 10.6 Å². The zero-order chi connectivity index (χ0) is 50.8. The van der Waals surface area contributed by atoms with Crippen LogP contribution >= 0.6 is 0 Å². The molecule has 2 saturated heterocycles. The molecule has 15 heteroatoms. The summed E-state index contributed by atoms with van der Waals surface area (Å²) in [6, 6.07) is 35.1.